The van der Waals surface area contributed by atoms with Crippen molar-refractivity contribution < 1.29 is 9.18 Å². The van der Waals surface area contributed by atoms with Crippen LogP contribution in [0.5, 0.6) is 0 Å². The smallest absolute Gasteiger partial charge is 0.254 e. The van der Waals surface area contributed by atoms with Crippen LogP contribution in [0.4, 0.5) is 4.39 Å². The Bertz CT molecular complexity index is 641. The first-order valence-electron chi connectivity index (χ1n) is 6.78. The molecule has 1 aliphatic carbocycles. The molecule has 0 saturated heterocycles. The molecule has 3 rings (SSSR count). The van der Waals surface area contributed by atoms with Crippen LogP contribution in [0.25, 0.3) is 0 Å². The van der Waals surface area contributed by atoms with Crippen LogP contribution in [0, 0.1) is 12.7 Å². The fraction of sp³-hybridized carbons (Fsp3) is 0.235. The Morgan fingerprint density at radius 1 is 1.10 bits per heavy atom. The molecule has 0 aromatic heterocycles. The van der Waals surface area contributed by atoms with Crippen molar-refractivity contribution in [1.29, 1.82) is 0 Å². The normalized spacial score (nSPS) is 14.1. The average Bonchev–Trinajstić information content (AvgIpc) is 2.83. The molecule has 0 bridgehead atoms. The van der Waals surface area contributed by atoms with Gasteiger partial charge in [0, 0.05) is 6.04 Å². The van der Waals surface area contributed by atoms with E-state index in [2.05, 4.69) is 17.4 Å². The minimum absolute atomic E-state index is 0.0554. The Balaban J connectivity index is 1.74. The third-order valence-corrected chi connectivity index (χ3v) is 3.82. The molecule has 2 nitrogen and oxygen atoms in total. The summed E-state index contributed by atoms with van der Waals surface area (Å²) in [5.74, 6) is -0.760. The first-order valence-corrected chi connectivity index (χ1v) is 6.78. The van der Waals surface area contributed by atoms with E-state index in [0.29, 0.717) is 5.56 Å². The number of nitrogens with one attached hydrogen (secondary N) is 1. The van der Waals surface area contributed by atoms with E-state index < -0.39 is 5.82 Å². The molecule has 0 spiro atoms. The predicted molar refractivity (Wildman–Crippen MR) is 76.2 cm³/mol. The Hall–Kier alpha value is -2.16. The lowest BCUT2D eigenvalue weighted by molar-refractivity contribution is 0.0934. The molecule has 102 valence electrons. The van der Waals surface area contributed by atoms with Gasteiger partial charge < -0.3 is 5.32 Å². The summed E-state index contributed by atoms with van der Waals surface area (Å²) < 4.78 is 13.9. The number of carbonyl (C=O) groups is 1. The van der Waals surface area contributed by atoms with Crippen LogP contribution < -0.4 is 5.32 Å². The van der Waals surface area contributed by atoms with Crippen molar-refractivity contribution in [2.24, 2.45) is 0 Å². The number of carbonyl (C=O) groups excluding carboxylic acids is 1. The van der Waals surface area contributed by atoms with Gasteiger partial charge in [-0.15, -0.1) is 0 Å². The van der Waals surface area contributed by atoms with Gasteiger partial charge in [0.05, 0.1) is 5.56 Å². The summed E-state index contributed by atoms with van der Waals surface area (Å²) in [5.41, 5.74) is 3.15. The van der Waals surface area contributed by atoms with Crippen molar-refractivity contribution in [3.05, 3.63) is 70.5 Å². The Labute approximate surface area is 117 Å². The van der Waals surface area contributed by atoms with E-state index >= 15 is 0 Å². The summed E-state index contributed by atoms with van der Waals surface area (Å²) in [6.45, 7) is 1.66. The van der Waals surface area contributed by atoms with Gasteiger partial charge in [0.25, 0.3) is 5.91 Å². The molecule has 2 aromatic carbocycles. The van der Waals surface area contributed by atoms with Crippen LogP contribution >= 0.6 is 0 Å². The van der Waals surface area contributed by atoms with Gasteiger partial charge in [-0.25, -0.2) is 4.39 Å². The lowest BCUT2D eigenvalue weighted by Gasteiger charge is -2.13. The highest BCUT2D eigenvalue weighted by atomic mass is 19.1. The van der Waals surface area contributed by atoms with E-state index in [1.165, 1.54) is 17.2 Å². The van der Waals surface area contributed by atoms with Gasteiger partial charge in [-0.2, -0.15) is 0 Å². The number of rotatable bonds is 2. The zero-order valence-corrected chi connectivity index (χ0v) is 11.3. The van der Waals surface area contributed by atoms with Crippen LogP contribution in [0.2, 0.25) is 0 Å². The second kappa shape index (κ2) is 5.08. The molecule has 1 aliphatic rings. The molecule has 0 fully saturated rings. The fourth-order valence-corrected chi connectivity index (χ4v) is 2.75. The van der Waals surface area contributed by atoms with Crippen molar-refractivity contribution in [1.82, 2.24) is 5.32 Å². The molecular formula is C17H16FNO. The lowest BCUT2D eigenvalue weighted by Crippen LogP contribution is -2.35. The van der Waals surface area contributed by atoms with E-state index in [1.807, 2.05) is 12.1 Å². The summed E-state index contributed by atoms with van der Waals surface area (Å²) in [4.78, 5) is 12.2. The molecule has 3 heteroatoms. The number of hydrogen-bond acceptors (Lipinski definition) is 1. The Morgan fingerprint density at radius 2 is 1.75 bits per heavy atom. The summed E-state index contributed by atoms with van der Waals surface area (Å²) in [7, 11) is 0. The molecule has 1 amide bonds. The minimum Gasteiger partial charge on any atom is -0.349 e. The first kappa shape index (κ1) is 12.9. The molecular weight excluding hydrogens is 253 g/mol. The SMILES string of the molecule is Cc1cccc(C(=O)NC2Cc3ccccc3C2)c1F. The predicted octanol–water partition coefficient (Wildman–Crippen LogP) is 3.03. The largest absolute Gasteiger partial charge is 0.349 e. The Morgan fingerprint density at radius 3 is 2.40 bits per heavy atom. The van der Waals surface area contributed by atoms with Crippen molar-refractivity contribution in [3.63, 3.8) is 0 Å². The van der Waals surface area contributed by atoms with E-state index in [9.17, 15) is 9.18 Å². The number of hydrogen-bond donors (Lipinski definition) is 1. The number of amides is 1. The van der Waals surface area contributed by atoms with Crippen LogP contribution in [-0.4, -0.2) is 11.9 Å². The highest BCUT2D eigenvalue weighted by Crippen LogP contribution is 2.22. The van der Waals surface area contributed by atoms with Gasteiger partial charge in [-0.05, 0) is 42.5 Å². The zero-order valence-electron chi connectivity index (χ0n) is 11.3. The van der Waals surface area contributed by atoms with E-state index in [1.54, 1.807) is 19.1 Å². The van der Waals surface area contributed by atoms with Crippen LogP contribution in [0.1, 0.15) is 27.0 Å². The minimum atomic E-state index is -0.430. The molecule has 0 atom stereocenters. The van der Waals surface area contributed by atoms with E-state index in [4.69, 9.17) is 0 Å². The highest BCUT2D eigenvalue weighted by Gasteiger charge is 2.23. The molecule has 0 unspecified atom stereocenters. The van der Waals surface area contributed by atoms with E-state index in [-0.39, 0.29) is 17.5 Å². The number of fused-ring (bicyclic) bond motifs is 1. The first-order chi connectivity index (χ1) is 9.65. The van der Waals surface area contributed by atoms with Gasteiger partial charge in [-0.1, -0.05) is 36.4 Å². The average molecular weight is 269 g/mol. The monoisotopic (exact) mass is 269 g/mol. The Kier molecular flexibility index (Phi) is 3.26. The van der Waals surface area contributed by atoms with E-state index in [0.717, 1.165) is 12.8 Å². The molecule has 2 aromatic rings. The number of benzene rings is 2. The molecule has 0 saturated carbocycles. The maximum absolute atomic E-state index is 13.9. The summed E-state index contributed by atoms with van der Waals surface area (Å²) in [6.07, 6.45) is 1.63. The van der Waals surface area contributed by atoms with Gasteiger partial charge in [0.1, 0.15) is 5.82 Å². The number of halogens is 1. The highest BCUT2D eigenvalue weighted by molar-refractivity contribution is 5.95. The number of aryl methyl sites for hydroxylation is 1. The van der Waals surface area contributed by atoms with Crippen molar-refractivity contribution in [2.45, 2.75) is 25.8 Å². The lowest BCUT2D eigenvalue weighted by atomic mass is 10.1. The van der Waals surface area contributed by atoms with Crippen molar-refractivity contribution >= 4 is 5.91 Å². The molecule has 1 N–H and O–H groups in total. The second-order valence-electron chi connectivity index (χ2n) is 5.28. The molecule has 20 heavy (non-hydrogen) atoms. The fourth-order valence-electron chi connectivity index (χ4n) is 2.75. The quantitative estimate of drug-likeness (QED) is 0.892. The van der Waals surface area contributed by atoms with Gasteiger partial charge in [0.2, 0.25) is 0 Å². The summed E-state index contributed by atoms with van der Waals surface area (Å²) in [5, 5.41) is 2.93. The molecule has 0 heterocycles. The van der Waals surface area contributed by atoms with Crippen LogP contribution in [0.3, 0.4) is 0 Å². The third kappa shape index (κ3) is 2.31. The maximum Gasteiger partial charge on any atom is 0.254 e. The van der Waals surface area contributed by atoms with Crippen LogP contribution in [0.15, 0.2) is 42.5 Å². The molecule has 0 aliphatic heterocycles. The van der Waals surface area contributed by atoms with Gasteiger partial charge in [0.15, 0.2) is 0 Å². The summed E-state index contributed by atoms with van der Waals surface area (Å²) >= 11 is 0. The second-order valence-corrected chi connectivity index (χ2v) is 5.28. The van der Waals surface area contributed by atoms with Crippen molar-refractivity contribution in [2.75, 3.05) is 0 Å². The van der Waals surface area contributed by atoms with Gasteiger partial charge >= 0.3 is 0 Å². The van der Waals surface area contributed by atoms with Gasteiger partial charge in [-0.3, -0.25) is 4.79 Å². The molecule has 0 radical (unpaired) electrons. The van der Waals surface area contributed by atoms with Crippen LogP contribution in [-0.2, 0) is 12.8 Å². The standard InChI is InChI=1S/C17H16FNO/c1-11-5-4-8-15(16(11)18)17(20)19-14-9-12-6-2-3-7-13(12)10-14/h2-8,14H,9-10H2,1H3,(H,19,20). The van der Waals surface area contributed by atoms with Crippen molar-refractivity contribution in [3.8, 4) is 0 Å². The summed E-state index contributed by atoms with van der Waals surface area (Å²) in [6, 6.07) is 13.1. The zero-order chi connectivity index (χ0) is 14.1. The maximum atomic E-state index is 13.9. The third-order valence-electron chi connectivity index (χ3n) is 3.82. The topological polar surface area (TPSA) is 29.1 Å².